The number of nitrogens with one attached hydrogen (secondary N) is 1. The van der Waals surface area contributed by atoms with Crippen molar-refractivity contribution in [2.24, 2.45) is 10.8 Å². The average molecular weight is 169 g/mol. The van der Waals surface area contributed by atoms with Crippen molar-refractivity contribution in [2.75, 3.05) is 13.2 Å². The lowest BCUT2D eigenvalue weighted by atomic mass is 9.93. The van der Waals surface area contributed by atoms with Crippen LogP contribution in [0.2, 0.25) is 0 Å². The number of rotatable bonds is 5. The fourth-order valence-electron chi connectivity index (χ4n) is 1.36. The average Bonchev–Trinajstić information content (AvgIpc) is 2.51. The molecule has 0 saturated heterocycles. The largest absolute Gasteiger partial charge is 0.396 e. The molecule has 1 aliphatic heterocycles. The van der Waals surface area contributed by atoms with E-state index in [9.17, 15) is 0 Å². The van der Waals surface area contributed by atoms with Crippen LogP contribution in [0.4, 0.5) is 0 Å². The molecule has 1 heterocycles. The third-order valence-corrected chi connectivity index (χ3v) is 2.07. The highest BCUT2D eigenvalue weighted by Crippen LogP contribution is 2.24. The minimum atomic E-state index is -0.207. The first-order valence-electron chi connectivity index (χ1n) is 4.10. The lowest BCUT2D eigenvalue weighted by Crippen LogP contribution is -2.32. The maximum atomic E-state index is 8.83. The van der Waals surface area contributed by atoms with Gasteiger partial charge >= 0.3 is 0 Å². The van der Waals surface area contributed by atoms with Gasteiger partial charge in [-0.05, 0) is 18.9 Å². The molecule has 0 fully saturated rings. The first kappa shape index (κ1) is 9.38. The molecular weight excluding hydrogens is 154 g/mol. The van der Waals surface area contributed by atoms with Crippen LogP contribution in [0.3, 0.4) is 0 Å². The van der Waals surface area contributed by atoms with Gasteiger partial charge in [-0.25, -0.2) is 0 Å². The summed E-state index contributed by atoms with van der Waals surface area (Å²) in [5, 5.41) is 8.83. The van der Waals surface area contributed by atoms with Crippen LogP contribution in [-0.2, 0) is 0 Å². The van der Waals surface area contributed by atoms with Gasteiger partial charge in [-0.2, -0.15) is 0 Å². The summed E-state index contributed by atoms with van der Waals surface area (Å²) < 4.78 is 0. The summed E-state index contributed by atoms with van der Waals surface area (Å²) >= 11 is 0. The molecule has 0 amide bonds. The maximum absolute atomic E-state index is 8.83. The van der Waals surface area contributed by atoms with Gasteiger partial charge in [0.25, 0.3) is 0 Å². The third-order valence-electron chi connectivity index (χ3n) is 2.07. The van der Waals surface area contributed by atoms with Gasteiger partial charge in [0.2, 0.25) is 0 Å². The molecule has 0 saturated carbocycles. The summed E-state index contributed by atoms with van der Waals surface area (Å²) in [6.07, 6.45) is 7.19. The van der Waals surface area contributed by atoms with Crippen LogP contribution < -0.4 is 11.3 Å². The van der Waals surface area contributed by atoms with Crippen LogP contribution in [-0.4, -0.2) is 30.0 Å². The van der Waals surface area contributed by atoms with Crippen molar-refractivity contribution in [1.82, 2.24) is 5.43 Å². The second-order valence-electron chi connectivity index (χ2n) is 2.92. The molecule has 12 heavy (non-hydrogen) atoms. The van der Waals surface area contributed by atoms with Crippen molar-refractivity contribution in [3.8, 4) is 0 Å². The van der Waals surface area contributed by atoms with Crippen LogP contribution in [0.25, 0.3) is 0 Å². The van der Waals surface area contributed by atoms with E-state index in [4.69, 9.17) is 10.9 Å². The molecular formula is C8H15N3O. The smallest absolute Gasteiger partial charge is 0.0825 e. The standard InChI is InChI=1S/C8H15N3O/c9-11-6-3-8(4-7-12)2-1-5-10-8/h1-2,5,11-12H,3-4,6-7,9H2. The first-order chi connectivity index (χ1) is 5.83. The van der Waals surface area contributed by atoms with Crippen molar-refractivity contribution in [3.63, 3.8) is 0 Å². The Balaban J connectivity index is 2.48. The molecule has 4 heteroatoms. The van der Waals surface area contributed by atoms with E-state index >= 15 is 0 Å². The zero-order chi connectivity index (χ0) is 8.86. The summed E-state index contributed by atoms with van der Waals surface area (Å²) in [6.45, 7) is 0.869. The van der Waals surface area contributed by atoms with E-state index in [-0.39, 0.29) is 12.1 Å². The van der Waals surface area contributed by atoms with Crippen LogP contribution >= 0.6 is 0 Å². The zero-order valence-corrected chi connectivity index (χ0v) is 7.03. The molecule has 0 aromatic carbocycles. The Kier molecular flexibility index (Phi) is 3.40. The van der Waals surface area contributed by atoms with E-state index in [1.807, 2.05) is 12.2 Å². The Morgan fingerprint density at radius 1 is 1.50 bits per heavy atom. The summed E-state index contributed by atoms with van der Waals surface area (Å²) in [4.78, 5) is 4.30. The summed E-state index contributed by atoms with van der Waals surface area (Å²) in [5.41, 5.74) is 2.38. The van der Waals surface area contributed by atoms with Gasteiger partial charge < -0.3 is 5.11 Å². The van der Waals surface area contributed by atoms with Crippen LogP contribution in [0, 0.1) is 0 Å². The predicted octanol–water partition coefficient (Wildman–Crippen LogP) is -0.398. The van der Waals surface area contributed by atoms with E-state index in [1.54, 1.807) is 6.21 Å². The molecule has 1 aliphatic rings. The molecule has 68 valence electrons. The second-order valence-corrected chi connectivity index (χ2v) is 2.92. The minimum absolute atomic E-state index is 0.159. The van der Waals surface area contributed by atoms with E-state index < -0.39 is 0 Å². The number of nitrogens with zero attached hydrogens (tertiary/aromatic N) is 1. The van der Waals surface area contributed by atoms with Gasteiger partial charge in [0, 0.05) is 19.4 Å². The van der Waals surface area contributed by atoms with Gasteiger partial charge in [-0.15, -0.1) is 0 Å². The highest BCUT2D eigenvalue weighted by atomic mass is 16.3. The molecule has 4 N–H and O–H groups in total. The molecule has 0 aliphatic carbocycles. The number of aliphatic imine (C=N–C) groups is 1. The highest BCUT2D eigenvalue weighted by Gasteiger charge is 2.26. The molecule has 0 aromatic heterocycles. The fraction of sp³-hybridized carbons (Fsp3) is 0.625. The van der Waals surface area contributed by atoms with Crippen molar-refractivity contribution in [1.29, 1.82) is 0 Å². The van der Waals surface area contributed by atoms with Gasteiger partial charge in [0.15, 0.2) is 0 Å². The lowest BCUT2D eigenvalue weighted by molar-refractivity contribution is 0.253. The van der Waals surface area contributed by atoms with Crippen molar-refractivity contribution in [3.05, 3.63) is 12.2 Å². The highest BCUT2D eigenvalue weighted by molar-refractivity contribution is 5.75. The van der Waals surface area contributed by atoms with Gasteiger partial charge in [0.05, 0.1) is 5.54 Å². The summed E-state index contributed by atoms with van der Waals surface area (Å²) in [7, 11) is 0. The SMILES string of the molecule is NNCCC1(CCO)C=CC=N1. The molecule has 0 bridgehead atoms. The number of hydrogen-bond acceptors (Lipinski definition) is 4. The maximum Gasteiger partial charge on any atom is 0.0825 e. The quantitative estimate of drug-likeness (QED) is 0.387. The van der Waals surface area contributed by atoms with Crippen molar-refractivity contribution in [2.45, 2.75) is 18.4 Å². The van der Waals surface area contributed by atoms with Crippen LogP contribution in [0.5, 0.6) is 0 Å². The monoisotopic (exact) mass is 169 g/mol. The van der Waals surface area contributed by atoms with Gasteiger partial charge in [-0.1, -0.05) is 6.08 Å². The predicted molar refractivity (Wildman–Crippen MR) is 48.9 cm³/mol. The summed E-state index contributed by atoms with van der Waals surface area (Å²) in [5.74, 6) is 5.17. The third kappa shape index (κ3) is 2.14. The van der Waals surface area contributed by atoms with Gasteiger partial charge in [-0.3, -0.25) is 16.3 Å². The Morgan fingerprint density at radius 2 is 2.33 bits per heavy atom. The Bertz CT molecular complexity index is 177. The number of hydrogen-bond donors (Lipinski definition) is 3. The number of allylic oxidation sites excluding steroid dienone is 1. The van der Waals surface area contributed by atoms with Crippen molar-refractivity contribution >= 4 is 6.21 Å². The van der Waals surface area contributed by atoms with E-state index in [0.29, 0.717) is 13.0 Å². The molecule has 0 aromatic rings. The number of nitrogens with two attached hydrogens (primary N) is 1. The Hall–Kier alpha value is -0.710. The normalized spacial score (nSPS) is 26.8. The van der Waals surface area contributed by atoms with E-state index in [0.717, 1.165) is 6.42 Å². The lowest BCUT2D eigenvalue weighted by Gasteiger charge is -2.22. The van der Waals surface area contributed by atoms with E-state index in [1.165, 1.54) is 0 Å². The fourth-order valence-corrected chi connectivity index (χ4v) is 1.36. The molecule has 0 spiro atoms. The zero-order valence-electron chi connectivity index (χ0n) is 7.03. The molecule has 1 unspecified atom stereocenters. The molecule has 4 nitrogen and oxygen atoms in total. The second kappa shape index (κ2) is 4.35. The van der Waals surface area contributed by atoms with Crippen LogP contribution in [0.15, 0.2) is 17.1 Å². The van der Waals surface area contributed by atoms with Gasteiger partial charge in [0.1, 0.15) is 0 Å². The molecule has 0 radical (unpaired) electrons. The number of aliphatic hydroxyl groups excluding tert-OH is 1. The topological polar surface area (TPSA) is 70.6 Å². The first-order valence-corrected chi connectivity index (χ1v) is 4.10. The molecule has 1 rings (SSSR count). The summed E-state index contributed by atoms with van der Waals surface area (Å²) in [6, 6.07) is 0. The van der Waals surface area contributed by atoms with Crippen molar-refractivity contribution < 1.29 is 5.11 Å². The molecule has 1 atom stereocenters. The Morgan fingerprint density at radius 3 is 2.83 bits per heavy atom. The number of hydrazine groups is 1. The Labute approximate surface area is 72.1 Å². The number of aliphatic hydroxyl groups is 1. The minimum Gasteiger partial charge on any atom is -0.396 e. The van der Waals surface area contributed by atoms with E-state index in [2.05, 4.69) is 10.4 Å². The van der Waals surface area contributed by atoms with Crippen LogP contribution in [0.1, 0.15) is 12.8 Å².